The Balaban J connectivity index is 2.25. The number of rotatable bonds is 3. The number of aryl methyl sites for hydroxylation is 2. The normalized spacial score (nSPS) is 11.2. The second-order valence-corrected chi connectivity index (χ2v) is 5.93. The lowest BCUT2D eigenvalue weighted by Crippen LogP contribution is -2.02. The minimum absolute atomic E-state index is 0.541. The monoisotopic (exact) mass is 349 g/mol. The van der Waals surface area contributed by atoms with E-state index < -0.39 is 0 Å². The average molecular weight is 351 g/mol. The number of fused-ring (bicyclic) bond motifs is 1. The van der Waals surface area contributed by atoms with Crippen LogP contribution in [-0.4, -0.2) is 20.4 Å². The Hall–Kier alpha value is -1.39. The summed E-state index contributed by atoms with van der Waals surface area (Å²) in [6, 6.07) is 10.2. The third-order valence-electron chi connectivity index (χ3n) is 3.11. The Morgan fingerprint density at radius 2 is 2.00 bits per heavy atom. The molecule has 2 aromatic heterocycles. The second-order valence-electron chi connectivity index (χ2n) is 4.63. The number of hydrogen-bond acceptors (Lipinski definition) is 2. The van der Waals surface area contributed by atoms with Gasteiger partial charge in [-0.3, -0.25) is 4.57 Å². The first-order valence-electron chi connectivity index (χ1n) is 6.35. The van der Waals surface area contributed by atoms with Crippen molar-refractivity contribution >= 4 is 38.7 Å². The fourth-order valence-electron chi connectivity index (χ4n) is 2.23. The predicted molar refractivity (Wildman–Crippen MR) is 85.7 cm³/mol. The molecule has 3 nitrogen and oxygen atoms in total. The SMILES string of the molecule is Cc1cnc2c(c1)nc(CCCl)n2-c1ccc(Br)cc1. The van der Waals surface area contributed by atoms with Crippen molar-refractivity contribution in [3.05, 3.63) is 52.4 Å². The van der Waals surface area contributed by atoms with E-state index in [2.05, 4.69) is 36.5 Å². The first kappa shape index (κ1) is 13.6. The third kappa shape index (κ3) is 2.45. The van der Waals surface area contributed by atoms with E-state index in [0.29, 0.717) is 12.3 Å². The number of alkyl halides is 1. The number of hydrogen-bond donors (Lipinski definition) is 0. The highest BCUT2D eigenvalue weighted by Gasteiger charge is 2.13. The molecule has 0 atom stereocenters. The van der Waals surface area contributed by atoms with Crippen LogP contribution in [0.3, 0.4) is 0 Å². The largest absolute Gasteiger partial charge is 0.281 e. The van der Waals surface area contributed by atoms with Crippen LogP contribution in [0.2, 0.25) is 0 Å². The molecular weight excluding hydrogens is 338 g/mol. The maximum Gasteiger partial charge on any atom is 0.164 e. The molecule has 3 rings (SSSR count). The van der Waals surface area contributed by atoms with Crippen molar-refractivity contribution in [1.29, 1.82) is 0 Å². The van der Waals surface area contributed by atoms with Gasteiger partial charge in [-0.15, -0.1) is 11.6 Å². The van der Waals surface area contributed by atoms with E-state index in [0.717, 1.165) is 32.7 Å². The second kappa shape index (κ2) is 5.54. The fraction of sp³-hybridized carbons (Fsp3) is 0.200. The van der Waals surface area contributed by atoms with Gasteiger partial charge < -0.3 is 0 Å². The smallest absolute Gasteiger partial charge is 0.164 e. The lowest BCUT2D eigenvalue weighted by molar-refractivity contribution is 0.905. The summed E-state index contributed by atoms with van der Waals surface area (Å²) in [7, 11) is 0. The minimum atomic E-state index is 0.541. The molecule has 0 bridgehead atoms. The summed E-state index contributed by atoms with van der Waals surface area (Å²) in [5.41, 5.74) is 3.94. The quantitative estimate of drug-likeness (QED) is 0.660. The van der Waals surface area contributed by atoms with Crippen LogP contribution in [0.15, 0.2) is 41.0 Å². The van der Waals surface area contributed by atoms with Gasteiger partial charge in [-0.1, -0.05) is 15.9 Å². The molecule has 0 saturated carbocycles. The Bertz CT molecular complexity index is 750. The van der Waals surface area contributed by atoms with Crippen molar-refractivity contribution in [2.24, 2.45) is 0 Å². The van der Waals surface area contributed by atoms with Crippen molar-refractivity contribution in [2.75, 3.05) is 5.88 Å². The summed E-state index contributed by atoms with van der Waals surface area (Å²) in [5.74, 6) is 1.48. The summed E-state index contributed by atoms with van der Waals surface area (Å²) in [6.07, 6.45) is 2.58. The van der Waals surface area contributed by atoms with E-state index in [-0.39, 0.29) is 0 Å². The molecule has 2 heterocycles. The fourth-order valence-corrected chi connectivity index (χ4v) is 2.66. The van der Waals surface area contributed by atoms with Crippen molar-refractivity contribution in [2.45, 2.75) is 13.3 Å². The summed E-state index contributed by atoms with van der Waals surface area (Å²) in [5, 5.41) is 0. The van der Waals surface area contributed by atoms with Crippen LogP contribution < -0.4 is 0 Å². The van der Waals surface area contributed by atoms with Crippen LogP contribution in [0.1, 0.15) is 11.4 Å². The van der Waals surface area contributed by atoms with Crippen molar-refractivity contribution in [1.82, 2.24) is 14.5 Å². The molecule has 0 unspecified atom stereocenters. The Kier molecular flexibility index (Phi) is 3.76. The van der Waals surface area contributed by atoms with Gasteiger partial charge in [0.05, 0.1) is 0 Å². The summed E-state index contributed by atoms with van der Waals surface area (Å²) in [4.78, 5) is 9.19. The standard InChI is InChI=1S/C15H13BrClN3/c1-10-8-13-15(18-9-10)20(14(19-13)6-7-17)12-4-2-11(16)3-5-12/h2-5,8-9H,6-7H2,1H3. The first-order valence-corrected chi connectivity index (χ1v) is 7.67. The van der Waals surface area contributed by atoms with Crippen molar-refractivity contribution < 1.29 is 0 Å². The molecular formula is C15H13BrClN3. The van der Waals surface area contributed by atoms with Crippen molar-refractivity contribution in [3.8, 4) is 5.69 Å². The number of imidazole rings is 1. The van der Waals surface area contributed by atoms with Gasteiger partial charge in [0, 0.05) is 28.7 Å². The molecule has 0 radical (unpaired) electrons. The van der Waals surface area contributed by atoms with Gasteiger partial charge in [0.2, 0.25) is 0 Å². The molecule has 5 heteroatoms. The Morgan fingerprint density at radius 3 is 2.70 bits per heavy atom. The highest BCUT2D eigenvalue weighted by molar-refractivity contribution is 9.10. The van der Waals surface area contributed by atoms with Crippen LogP contribution in [0.4, 0.5) is 0 Å². The Morgan fingerprint density at radius 1 is 1.25 bits per heavy atom. The van der Waals surface area contributed by atoms with E-state index >= 15 is 0 Å². The summed E-state index contributed by atoms with van der Waals surface area (Å²) >= 11 is 9.35. The molecule has 0 aliphatic carbocycles. The van der Waals surface area contributed by atoms with Gasteiger partial charge in [-0.2, -0.15) is 0 Å². The van der Waals surface area contributed by atoms with Crippen LogP contribution >= 0.6 is 27.5 Å². The van der Waals surface area contributed by atoms with E-state index in [4.69, 9.17) is 11.6 Å². The van der Waals surface area contributed by atoms with Crippen LogP contribution in [0.5, 0.6) is 0 Å². The minimum Gasteiger partial charge on any atom is -0.281 e. The molecule has 102 valence electrons. The molecule has 0 fully saturated rings. The summed E-state index contributed by atoms with van der Waals surface area (Å²) in [6.45, 7) is 2.02. The highest BCUT2D eigenvalue weighted by atomic mass is 79.9. The molecule has 1 aromatic carbocycles. The zero-order valence-corrected chi connectivity index (χ0v) is 13.3. The van der Waals surface area contributed by atoms with Crippen LogP contribution in [0.25, 0.3) is 16.9 Å². The van der Waals surface area contributed by atoms with Gasteiger partial charge in [0.1, 0.15) is 11.3 Å². The van der Waals surface area contributed by atoms with Gasteiger partial charge in [0.15, 0.2) is 5.65 Å². The molecule has 20 heavy (non-hydrogen) atoms. The third-order valence-corrected chi connectivity index (χ3v) is 3.82. The zero-order valence-electron chi connectivity index (χ0n) is 11.0. The molecule has 3 aromatic rings. The number of benzene rings is 1. The summed E-state index contributed by atoms with van der Waals surface area (Å²) < 4.78 is 3.12. The van der Waals surface area contributed by atoms with E-state index in [9.17, 15) is 0 Å². The molecule has 0 aliphatic rings. The average Bonchev–Trinajstić information content (AvgIpc) is 2.77. The molecule has 0 saturated heterocycles. The first-order chi connectivity index (χ1) is 9.69. The van der Waals surface area contributed by atoms with Crippen LogP contribution in [-0.2, 0) is 6.42 Å². The maximum absolute atomic E-state index is 5.90. The number of halogens is 2. The molecule has 0 spiro atoms. The van der Waals surface area contributed by atoms with Gasteiger partial charge >= 0.3 is 0 Å². The van der Waals surface area contributed by atoms with Gasteiger partial charge in [-0.25, -0.2) is 9.97 Å². The van der Waals surface area contributed by atoms with Gasteiger partial charge in [-0.05, 0) is 42.8 Å². The van der Waals surface area contributed by atoms with E-state index in [1.165, 1.54) is 0 Å². The van der Waals surface area contributed by atoms with Gasteiger partial charge in [0.25, 0.3) is 0 Å². The highest BCUT2D eigenvalue weighted by Crippen LogP contribution is 2.22. The number of nitrogens with zero attached hydrogens (tertiary/aromatic N) is 3. The number of aromatic nitrogens is 3. The van der Waals surface area contributed by atoms with Crippen LogP contribution in [0, 0.1) is 6.92 Å². The zero-order chi connectivity index (χ0) is 14.1. The lowest BCUT2D eigenvalue weighted by atomic mass is 10.3. The van der Waals surface area contributed by atoms with E-state index in [1.807, 2.05) is 37.4 Å². The number of pyridine rings is 1. The lowest BCUT2D eigenvalue weighted by Gasteiger charge is -2.08. The van der Waals surface area contributed by atoms with E-state index in [1.54, 1.807) is 0 Å². The molecule has 0 amide bonds. The maximum atomic E-state index is 5.90. The van der Waals surface area contributed by atoms with Crippen molar-refractivity contribution in [3.63, 3.8) is 0 Å². The molecule has 0 aliphatic heterocycles. The Labute approximate surface area is 130 Å². The topological polar surface area (TPSA) is 30.7 Å². The molecule has 0 N–H and O–H groups in total. The predicted octanol–water partition coefficient (Wildman–Crippen LogP) is 4.27.